The number of nitrogens with zero attached hydrogens (tertiary/aromatic N) is 4. The number of hydrogen-bond acceptors (Lipinski definition) is 5. The Balaban J connectivity index is 1.40. The van der Waals surface area contributed by atoms with E-state index in [1.54, 1.807) is 24.3 Å². The maximum atomic E-state index is 12.3. The molecule has 0 saturated carbocycles. The Kier molecular flexibility index (Phi) is 4.11. The van der Waals surface area contributed by atoms with Crippen molar-refractivity contribution < 1.29 is 14.4 Å². The van der Waals surface area contributed by atoms with Crippen molar-refractivity contribution >= 4 is 23.5 Å². The Hall–Kier alpha value is -3.23. The smallest absolute Gasteiger partial charge is 0.329 e. The third kappa shape index (κ3) is 3.03. The highest BCUT2D eigenvalue weighted by Gasteiger charge is 2.27. The second-order valence-corrected chi connectivity index (χ2v) is 6.31. The molecule has 0 unspecified atom stereocenters. The van der Waals surface area contributed by atoms with Crippen LogP contribution in [0.2, 0.25) is 0 Å². The zero-order chi connectivity index (χ0) is 18.1. The normalized spacial score (nSPS) is 16.4. The van der Waals surface area contributed by atoms with Gasteiger partial charge in [0.1, 0.15) is 12.4 Å². The van der Waals surface area contributed by atoms with Crippen LogP contribution in [0.5, 0.6) is 0 Å². The molecule has 0 aliphatic carbocycles. The lowest BCUT2D eigenvalue weighted by atomic mass is 10.1. The van der Waals surface area contributed by atoms with Crippen LogP contribution >= 0.6 is 0 Å². The van der Waals surface area contributed by atoms with Crippen molar-refractivity contribution in [1.29, 1.82) is 0 Å². The first kappa shape index (κ1) is 16.2. The maximum Gasteiger partial charge on any atom is 0.329 e. The largest absolute Gasteiger partial charge is 0.345 e. The van der Waals surface area contributed by atoms with E-state index in [2.05, 4.69) is 25.4 Å². The molecule has 2 aliphatic heterocycles. The first-order valence-corrected chi connectivity index (χ1v) is 8.52. The molecule has 2 N–H and O–H groups in total. The van der Waals surface area contributed by atoms with Crippen molar-refractivity contribution in [2.24, 2.45) is 0 Å². The van der Waals surface area contributed by atoms with Gasteiger partial charge >= 0.3 is 6.03 Å². The standard InChI is InChI=1S/C17H18N6O3/c24-15-10-23(17(26)19-15)12-6-4-11(5-7-12)16(25)18-9-14-21-20-13-3-1-2-8-22(13)14/h4-7H,1-3,8-10H2,(H,18,25)(H,19,24,26). The highest BCUT2D eigenvalue weighted by molar-refractivity contribution is 6.12. The number of fused-ring (bicyclic) bond motifs is 1. The van der Waals surface area contributed by atoms with Crippen molar-refractivity contribution in [3.63, 3.8) is 0 Å². The second-order valence-electron chi connectivity index (χ2n) is 6.31. The fourth-order valence-electron chi connectivity index (χ4n) is 3.20. The topological polar surface area (TPSA) is 109 Å². The molecule has 0 atom stereocenters. The van der Waals surface area contributed by atoms with Crippen molar-refractivity contribution in [3.05, 3.63) is 41.5 Å². The lowest BCUT2D eigenvalue weighted by Gasteiger charge is -2.15. The van der Waals surface area contributed by atoms with E-state index in [0.717, 1.165) is 37.5 Å². The average molecular weight is 354 g/mol. The van der Waals surface area contributed by atoms with Gasteiger partial charge in [0.15, 0.2) is 5.82 Å². The zero-order valence-electron chi connectivity index (χ0n) is 14.1. The lowest BCUT2D eigenvalue weighted by molar-refractivity contribution is -0.117. The predicted octanol–water partition coefficient (Wildman–Crippen LogP) is 0.601. The van der Waals surface area contributed by atoms with Crippen LogP contribution in [-0.2, 0) is 24.3 Å². The fraction of sp³-hybridized carbons (Fsp3) is 0.353. The van der Waals surface area contributed by atoms with Gasteiger partial charge in [0, 0.05) is 24.2 Å². The van der Waals surface area contributed by atoms with Crippen molar-refractivity contribution in [3.8, 4) is 0 Å². The summed E-state index contributed by atoms with van der Waals surface area (Å²) in [6.45, 7) is 1.19. The summed E-state index contributed by atoms with van der Waals surface area (Å²) in [5.74, 6) is 1.17. The lowest BCUT2D eigenvalue weighted by Crippen LogP contribution is -2.28. The number of nitrogens with one attached hydrogen (secondary N) is 2. The number of carbonyl (C=O) groups is 3. The summed E-state index contributed by atoms with van der Waals surface area (Å²) in [5.41, 5.74) is 1.04. The Morgan fingerprint density at radius 3 is 2.69 bits per heavy atom. The van der Waals surface area contributed by atoms with E-state index in [4.69, 9.17) is 0 Å². The molecule has 2 aliphatic rings. The molecule has 1 aromatic heterocycles. The number of urea groups is 1. The summed E-state index contributed by atoms with van der Waals surface area (Å²) < 4.78 is 2.07. The molecular weight excluding hydrogens is 336 g/mol. The Labute approximate surface area is 149 Å². The molecule has 1 fully saturated rings. The second kappa shape index (κ2) is 6.58. The molecular formula is C17H18N6O3. The van der Waals surface area contributed by atoms with Gasteiger partial charge < -0.3 is 9.88 Å². The van der Waals surface area contributed by atoms with Crippen LogP contribution in [0.1, 0.15) is 34.8 Å². The number of aromatic nitrogens is 3. The molecule has 0 bridgehead atoms. The summed E-state index contributed by atoms with van der Waals surface area (Å²) in [5, 5.41) is 13.4. The van der Waals surface area contributed by atoms with Crippen LogP contribution in [0.15, 0.2) is 24.3 Å². The van der Waals surface area contributed by atoms with Gasteiger partial charge in [-0.3, -0.25) is 19.8 Å². The molecule has 1 saturated heterocycles. The molecule has 4 amide bonds. The Bertz CT molecular complexity index is 873. The van der Waals surface area contributed by atoms with Crippen LogP contribution in [0.3, 0.4) is 0 Å². The summed E-state index contributed by atoms with van der Waals surface area (Å²) in [4.78, 5) is 36.6. The van der Waals surface area contributed by atoms with Crippen LogP contribution in [0.4, 0.5) is 10.5 Å². The number of rotatable bonds is 4. The van der Waals surface area contributed by atoms with Crippen molar-refractivity contribution in [1.82, 2.24) is 25.4 Å². The molecule has 9 heteroatoms. The van der Waals surface area contributed by atoms with E-state index < -0.39 is 6.03 Å². The number of carbonyl (C=O) groups excluding carboxylic acids is 3. The van der Waals surface area contributed by atoms with Crippen molar-refractivity contribution in [2.45, 2.75) is 32.4 Å². The quantitative estimate of drug-likeness (QED) is 0.782. The minimum Gasteiger partial charge on any atom is -0.345 e. The third-order valence-electron chi connectivity index (χ3n) is 4.58. The number of hydrogen-bond donors (Lipinski definition) is 2. The Morgan fingerprint density at radius 1 is 1.15 bits per heavy atom. The predicted molar refractivity (Wildman–Crippen MR) is 91.5 cm³/mol. The first-order chi connectivity index (χ1) is 12.6. The molecule has 0 radical (unpaired) electrons. The van der Waals surface area contributed by atoms with E-state index in [1.807, 2.05) is 0 Å². The van der Waals surface area contributed by atoms with E-state index in [1.165, 1.54) is 4.90 Å². The number of benzene rings is 1. The minimum atomic E-state index is -0.455. The van der Waals surface area contributed by atoms with Crippen molar-refractivity contribution in [2.75, 3.05) is 11.4 Å². The van der Waals surface area contributed by atoms with Gasteiger partial charge in [0.25, 0.3) is 5.91 Å². The van der Waals surface area contributed by atoms with Gasteiger partial charge in [-0.1, -0.05) is 0 Å². The number of aryl methyl sites for hydroxylation is 1. The van der Waals surface area contributed by atoms with Gasteiger partial charge in [0.05, 0.1) is 6.54 Å². The highest BCUT2D eigenvalue weighted by Crippen LogP contribution is 2.18. The van der Waals surface area contributed by atoms with E-state index in [0.29, 0.717) is 17.8 Å². The molecule has 3 heterocycles. The summed E-state index contributed by atoms with van der Waals surface area (Å²) in [7, 11) is 0. The Morgan fingerprint density at radius 2 is 1.96 bits per heavy atom. The fourth-order valence-corrected chi connectivity index (χ4v) is 3.20. The average Bonchev–Trinajstić information content (AvgIpc) is 3.22. The molecule has 1 aromatic carbocycles. The maximum absolute atomic E-state index is 12.3. The third-order valence-corrected chi connectivity index (χ3v) is 4.58. The summed E-state index contributed by atoms with van der Waals surface area (Å²) in [6.07, 6.45) is 3.15. The molecule has 4 rings (SSSR count). The van der Waals surface area contributed by atoms with Crippen LogP contribution in [0, 0.1) is 0 Å². The van der Waals surface area contributed by atoms with Gasteiger partial charge in [-0.25, -0.2) is 4.79 Å². The van der Waals surface area contributed by atoms with Crippen LogP contribution in [0.25, 0.3) is 0 Å². The van der Waals surface area contributed by atoms with E-state index in [9.17, 15) is 14.4 Å². The van der Waals surface area contributed by atoms with Gasteiger partial charge in [-0.15, -0.1) is 10.2 Å². The summed E-state index contributed by atoms with van der Waals surface area (Å²) in [6, 6.07) is 6.08. The number of imide groups is 1. The monoisotopic (exact) mass is 354 g/mol. The van der Waals surface area contributed by atoms with Crippen LogP contribution in [-0.4, -0.2) is 39.2 Å². The molecule has 134 valence electrons. The van der Waals surface area contributed by atoms with E-state index >= 15 is 0 Å². The first-order valence-electron chi connectivity index (χ1n) is 8.52. The van der Waals surface area contributed by atoms with Gasteiger partial charge in [-0.05, 0) is 37.1 Å². The molecule has 0 spiro atoms. The van der Waals surface area contributed by atoms with Gasteiger partial charge in [0.2, 0.25) is 5.91 Å². The highest BCUT2D eigenvalue weighted by atomic mass is 16.2. The minimum absolute atomic E-state index is 0.0115. The van der Waals surface area contributed by atoms with E-state index in [-0.39, 0.29) is 18.4 Å². The molecule has 9 nitrogen and oxygen atoms in total. The summed E-state index contributed by atoms with van der Waals surface area (Å²) >= 11 is 0. The number of anilines is 1. The SMILES string of the molecule is O=C1CN(c2ccc(C(=O)NCc3nnc4n3CCCC4)cc2)C(=O)N1. The van der Waals surface area contributed by atoms with Gasteiger partial charge in [-0.2, -0.15) is 0 Å². The zero-order valence-corrected chi connectivity index (χ0v) is 14.1. The molecule has 2 aromatic rings. The molecule has 26 heavy (non-hydrogen) atoms. The number of amides is 4. The van der Waals surface area contributed by atoms with Crippen LogP contribution < -0.4 is 15.5 Å².